The van der Waals surface area contributed by atoms with E-state index in [4.69, 9.17) is 0 Å². The van der Waals surface area contributed by atoms with E-state index < -0.39 is 0 Å². The van der Waals surface area contributed by atoms with Crippen molar-refractivity contribution in [1.29, 1.82) is 0 Å². The lowest BCUT2D eigenvalue weighted by molar-refractivity contribution is 0.205. The van der Waals surface area contributed by atoms with Crippen LogP contribution in [0.3, 0.4) is 0 Å². The lowest BCUT2D eigenvalue weighted by Gasteiger charge is -2.28. The summed E-state index contributed by atoms with van der Waals surface area (Å²) in [6.45, 7) is 11.6. The molecule has 1 N–H and O–H groups in total. The predicted molar refractivity (Wildman–Crippen MR) is 72.9 cm³/mol. The Morgan fingerprint density at radius 1 is 1.20 bits per heavy atom. The summed E-state index contributed by atoms with van der Waals surface area (Å²) in [6, 6.07) is 0.729. The van der Waals surface area contributed by atoms with Gasteiger partial charge in [-0.05, 0) is 32.6 Å². The van der Waals surface area contributed by atoms with Crippen LogP contribution in [0.4, 0.5) is 0 Å². The molecular weight excluding hydrogens is 204 g/mol. The first-order valence-corrected chi connectivity index (χ1v) is 7.59. The number of thioether (sulfide) groups is 1. The Morgan fingerprint density at radius 3 is 2.47 bits per heavy atom. The molecule has 1 atom stereocenters. The molecule has 2 nitrogen and oxygen atoms in total. The summed E-state index contributed by atoms with van der Waals surface area (Å²) >= 11 is 1.91. The van der Waals surface area contributed by atoms with Gasteiger partial charge in [0.05, 0.1) is 0 Å². The zero-order valence-corrected chi connectivity index (χ0v) is 11.7. The predicted octanol–water partition coefficient (Wildman–Crippen LogP) is 2.45. The summed E-state index contributed by atoms with van der Waals surface area (Å²) in [7, 11) is 0. The fourth-order valence-corrected chi connectivity index (χ4v) is 1.97. The molecule has 0 aliphatic carbocycles. The molecule has 0 spiro atoms. The molecule has 0 saturated carbocycles. The van der Waals surface area contributed by atoms with Gasteiger partial charge in [0.25, 0.3) is 0 Å². The highest BCUT2D eigenvalue weighted by Crippen LogP contribution is 2.03. The molecule has 0 aliphatic heterocycles. The Kier molecular flexibility index (Phi) is 11.0. The third kappa shape index (κ3) is 8.12. The van der Waals surface area contributed by atoms with E-state index in [2.05, 4.69) is 37.2 Å². The number of rotatable bonds is 10. The first-order valence-electron chi connectivity index (χ1n) is 6.19. The molecule has 0 amide bonds. The first-order chi connectivity index (χ1) is 7.26. The van der Waals surface area contributed by atoms with Crippen molar-refractivity contribution in [2.45, 2.75) is 39.7 Å². The van der Waals surface area contributed by atoms with Crippen LogP contribution in [0.2, 0.25) is 0 Å². The zero-order valence-electron chi connectivity index (χ0n) is 10.9. The topological polar surface area (TPSA) is 15.3 Å². The van der Waals surface area contributed by atoms with Crippen molar-refractivity contribution in [1.82, 2.24) is 10.2 Å². The molecule has 0 aromatic carbocycles. The minimum atomic E-state index is 0.729. The third-order valence-electron chi connectivity index (χ3n) is 2.78. The normalized spacial score (nSPS) is 13.4. The van der Waals surface area contributed by atoms with Crippen LogP contribution in [-0.4, -0.2) is 49.1 Å². The summed E-state index contributed by atoms with van der Waals surface area (Å²) in [5.74, 6) is 1.22. The monoisotopic (exact) mass is 232 g/mol. The quantitative estimate of drug-likeness (QED) is 0.583. The molecule has 1 unspecified atom stereocenters. The van der Waals surface area contributed by atoms with Crippen molar-refractivity contribution >= 4 is 11.8 Å². The van der Waals surface area contributed by atoms with E-state index in [-0.39, 0.29) is 0 Å². The smallest absolute Gasteiger partial charge is 0.0110 e. The Labute approximate surface area is 100 Å². The fourth-order valence-electron chi connectivity index (χ4n) is 1.62. The van der Waals surface area contributed by atoms with Gasteiger partial charge in [-0.3, -0.25) is 4.90 Å². The summed E-state index contributed by atoms with van der Waals surface area (Å²) in [5, 5.41) is 3.49. The third-order valence-corrected chi connectivity index (χ3v) is 3.40. The van der Waals surface area contributed by atoms with Crippen LogP contribution < -0.4 is 5.32 Å². The molecule has 0 bridgehead atoms. The van der Waals surface area contributed by atoms with E-state index in [1.807, 2.05) is 11.8 Å². The number of nitrogens with zero attached hydrogens (tertiary/aromatic N) is 1. The van der Waals surface area contributed by atoms with Gasteiger partial charge in [-0.1, -0.05) is 13.8 Å². The molecular formula is C12H28N2S. The van der Waals surface area contributed by atoms with Crippen LogP contribution in [0.15, 0.2) is 0 Å². The molecule has 0 radical (unpaired) electrons. The van der Waals surface area contributed by atoms with Crippen LogP contribution in [0.1, 0.15) is 33.6 Å². The SMILES string of the molecule is CCCN(CCNCCSC)C(C)CC. The molecule has 0 aromatic heterocycles. The second kappa shape index (κ2) is 10.8. The molecule has 0 aromatic rings. The van der Waals surface area contributed by atoms with Crippen molar-refractivity contribution in [2.24, 2.45) is 0 Å². The van der Waals surface area contributed by atoms with Gasteiger partial charge in [-0.15, -0.1) is 0 Å². The standard InChI is InChI=1S/C12H28N2S/c1-5-9-14(12(3)6-2)10-7-13-8-11-15-4/h12-13H,5-11H2,1-4H3. The summed E-state index contributed by atoms with van der Waals surface area (Å²) in [6.07, 6.45) is 4.67. The van der Waals surface area contributed by atoms with Gasteiger partial charge >= 0.3 is 0 Å². The van der Waals surface area contributed by atoms with Crippen LogP contribution in [0.5, 0.6) is 0 Å². The Balaban J connectivity index is 3.56. The molecule has 0 rings (SSSR count). The fraction of sp³-hybridized carbons (Fsp3) is 1.00. The second-order valence-corrected chi connectivity index (χ2v) is 5.02. The average Bonchev–Trinajstić information content (AvgIpc) is 2.26. The second-order valence-electron chi connectivity index (χ2n) is 4.04. The molecule has 0 heterocycles. The van der Waals surface area contributed by atoms with Crippen LogP contribution in [0, 0.1) is 0 Å². The highest BCUT2D eigenvalue weighted by Gasteiger charge is 2.09. The van der Waals surface area contributed by atoms with Crippen molar-refractivity contribution in [3.63, 3.8) is 0 Å². The maximum Gasteiger partial charge on any atom is 0.0110 e. The van der Waals surface area contributed by atoms with E-state index in [0.29, 0.717) is 0 Å². The van der Waals surface area contributed by atoms with Crippen molar-refractivity contribution in [3.05, 3.63) is 0 Å². The van der Waals surface area contributed by atoms with Gasteiger partial charge in [0.2, 0.25) is 0 Å². The minimum Gasteiger partial charge on any atom is -0.315 e. The van der Waals surface area contributed by atoms with Gasteiger partial charge in [0.1, 0.15) is 0 Å². The largest absolute Gasteiger partial charge is 0.315 e. The van der Waals surface area contributed by atoms with Gasteiger partial charge in [0.15, 0.2) is 0 Å². The van der Waals surface area contributed by atoms with Crippen LogP contribution >= 0.6 is 11.8 Å². The highest BCUT2D eigenvalue weighted by molar-refractivity contribution is 7.98. The Hall–Kier alpha value is 0.270. The van der Waals surface area contributed by atoms with E-state index in [0.717, 1.165) is 19.1 Å². The van der Waals surface area contributed by atoms with Crippen molar-refractivity contribution in [2.75, 3.05) is 38.2 Å². The van der Waals surface area contributed by atoms with E-state index in [1.165, 1.54) is 31.7 Å². The van der Waals surface area contributed by atoms with Gasteiger partial charge in [-0.25, -0.2) is 0 Å². The number of hydrogen-bond acceptors (Lipinski definition) is 3. The number of nitrogens with one attached hydrogen (secondary N) is 1. The minimum absolute atomic E-state index is 0.729. The highest BCUT2D eigenvalue weighted by atomic mass is 32.2. The average molecular weight is 232 g/mol. The Morgan fingerprint density at radius 2 is 1.93 bits per heavy atom. The van der Waals surface area contributed by atoms with Crippen LogP contribution in [0.25, 0.3) is 0 Å². The van der Waals surface area contributed by atoms with Crippen molar-refractivity contribution in [3.8, 4) is 0 Å². The first kappa shape index (κ1) is 15.3. The lowest BCUT2D eigenvalue weighted by atomic mass is 10.2. The molecule has 0 aliphatic rings. The van der Waals surface area contributed by atoms with Gasteiger partial charge in [0, 0.05) is 31.4 Å². The summed E-state index contributed by atoms with van der Waals surface area (Å²) < 4.78 is 0. The van der Waals surface area contributed by atoms with Crippen molar-refractivity contribution < 1.29 is 0 Å². The summed E-state index contributed by atoms with van der Waals surface area (Å²) in [5.41, 5.74) is 0. The zero-order chi connectivity index (χ0) is 11.5. The molecule has 92 valence electrons. The summed E-state index contributed by atoms with van der Waals surface area (Å²) in [4.78, 5) is 2.59. The number of hydrogen-bond donors (Lipinski definition) is 1. The van der Waals surface area contributed by atoms with Crippen LogP contribution in [-0.2, 0) is 0 Å². The lowest BCUT2D eigenvalue weighted by Crippen LogP contribution is -2.39. The maximum atomic E-state index is 3.49. The van der Waals surface area contributed by atoms with Gasteiger partial charge < -0.3 is 5.32 Å². The molecule has 0 saturated heterocycles. The molecule has 3 heteroatoms. The van der Waals surface area contributed by atoms with E-state index in [1.54, 1.807) is 0 Å². The van der Waals surface area contributed by atoms with E-state index >= 15 is 0 Å². The molecule has 15 heavy (non-hydrogen) atoms. The molecule has 0 fully saturated rings. The van der Waals surface area contributed by atoms with E-state index in [9.17, 15) is 0 Å². The maximum absolute atomic E-state index is 3.49. The van der Waals surface area contributed by atoms with Gasteiger partial charge in [-0.2, -0.15) is 11.8 Å². The Bertz CT molecular complexity index is 131.